The SMILES string of the molecule is C=CCS(=O)(=O)C(C)C(=O)N(C)CCc1ccncc1. The zero-order valence-corrected chi connectivity index (χ0v) is 12.6. The van der Waals surface area contributed by atoms with E-state index >= 15 is 0 Å². The summed E-state index contributed by atoms with van der Waals surface area (Å²) in [6, 6.07) is 3.74. The number of rotatable bonds is 7. The van der Waals surface area contributed by atoms with Gasteiger partial charge in [-0.05, 0) is 31.0 Å². The minimum Gasteiger partial charge on any atom is -0.344 e. The summed E-state index contributed by atoms with van der Waals surface area (Å²) in [6.45, 7) is 5.29. The molecule has 0 aromatic carbocycles. The van der Waals surface area contributed by atoms with E-state index in [0.717, 1.165) is 5.56 Å². The van der Waals surface area contributed by atoms with Crippen LogP contribution < -0.4 is 0 Å². The zero-order valence-electron chi connectivity index (χ0n) is 11.8. The third-order valence-electron chi connectivity index (χ3n) is 3.10. The van der Waals surface area contributed by atoms with Crippen molar-refractivity contribution in [2.45, 2.75) is 18.6 Å². The lowest BCUT2D eigenvalue weighted by atomic mass is 10.2. The standard InChI is InChI=1S/C14H20N2O3S/c1-4-11-20(18,19)12(2)14(17)16(3)10-7-13-5-8-15-9-6-13/h4-6,8-9,12H,1,7,10-11H2,2-3H3. The fourth-order valence-electron chi connectivity index (χ4n) is 1.73. The van der Waals surface area contributed by atoms with Gasteiger partial charge >= 0.3 is 0 Å². The molecule has 110 valence electrons. The van der Waals surface area contributed by atoms with E-state index in [2.05, 4.69) is 11.6 Å². The number of nitrogens with zero attached hydrogens (tertiary/aromatic N) is 2. The van der Waals surface area contributed by atoms with Crippen molar-refractivity contribution >= 4 is 15.7 Å². The van der Waals surface area contributed by atoms with Gasteiger partial charge in [-0.1, -0.05) is 6.08 Å². The van der Waals surface area contributed by atoms with Gasteiger partial charge in [0, 0.05) is 26.0 Å². The van der Waals surface area contributed by atoms with Crippen molar-refractivity contribution in [3.63, 3.8) is 0 Å². The van der Waals surface area contributed by atoms with E-state index in [1.807, 2.05) is 12.1 Å². The molecule has 20 heavy (non-hydrogen) atoms. The summed E-state index contributed by atoms with van der Waals surface area (Å²) in [5.74, 6) is -0.570. The molecule has 0 saturated heterocycles. The van der Waals surface area contributed by atoms with Crippen LogP contribution in [0.15, 0.2) is 37.2 Å². The van der Waals surface area contributed by atoms with Gasteiger partial charge in [-0.15, -0.1) is 6.58 Å². The van der Waals surface area contributed by atoms with Gasteiger partial charge in [-0.25, -0.2) is 8.42 Å². The number of amides is 1. The first-order valence-electron chi connectivity index (χ1n) is 6.35. The van der Waals surface area contributed by atoms with E-state index in [4.69, 9.17) is 0 Å². The lowest BCUT2D eigenvalue weighted by Gasteiger charge is -2.21. The number of likely N-dealkylation sites (N-methyl/N-ethyl adjacent to an activating group) is 1. The van der Waals surface area contributed by atoms with Crippen molar-refractivity contribution < 1.29 is 13.2 Å². The van der Waals surface area contributed by atoms with Crippen LogP contribution in [0, 0.1) is 0 Å². The summed E-state index contributed by atoms with van der Waals surface area (Å²) in [7, 11) is -1.84. The van der Waals surface area contributed by atoms with E-state index in [1.54, 1.807) is 19.4 Å². The Balaban J connectivity index is 2.61. The van der Waals surface area contributed by atoms with E-state index in [1.165, 1.54) is 17.9 Å². The molecule has 1 heterocycles. The van der Waals surface area contributed by atoms with Crippen molar-refractivity contribution in [2.75, 3.05) is 19.3 Å². The number of aromatic nitrogens is 1. The van der Waals surface area contributed by atoms with Crippen LogP contribution in [-0.4, -0.2) is 48.8 Å². The first kappa shape index (κ1) is 16.4. The monoisotopic (exact) mass is 296 g/mol. The van der Waals surface area contributed by atoms with E-state index in [-0.39, 0.29) is 11.7 Å². The molecule has 0 bridgehead atoms. The van der Waals surface area contributed by atoms with Crippen LogP contribution in [0.1, 0.15) is 12.5 Å². The van der Waals surface area contributed by atoms with E-state index in [9.17, 15) is 13.2 Å². The minimum absolute atomic E-state index is 0.182. The highest BCUT2D eigenvalue weighted by atomic mass is 32.2. The van der Waals surface area contributed by atoms with Crippen LogP contribution in [0.3, 0.4) is 0 Å². The fraction of sp³-hybridized carbons (Fsp3) is 0.429. The number of sulfone groups is 1. The number of pyridine rings is 1. The molecular formula is C14H20N2O3S. The summed E-state index contributed by atoms with van der Waals surface area (Å²) in [5.41, 5.74) is 1.06. The van der Waals surface area contributed by atoms with Crippen LogP contribution in [0.4, 0.5) is 0 Å². The molecule has 1 amide bonds. The summed E-state index contributed by atoms with van der Waals surface area (Å²) < 4.78 is 23.6. The molecule has 1 atom stereocenters. The molecule has 1 aromatic heterocycles. The van der Waals surface area contributed by atoms with Crippen LogP contribution in [0.25, 0.3) is 0 Å². The molecule has 0 saturated carbocycles. The Labute approximate surface area is 120 Å². The van der Waals surface area contributed by atoms with Crippen molar-refractivity contribution in [3.05, 3.63) is 42.7 Å². The van der Waals surface area contributed by atoms with Gasteiger partial charge in [-0.3, -0.25) is 9.78 Å². The third kappa shape index (κ3) is 4.45. The number of carbonyl (C=O) groups is 1. The quantitative estimate of drug-likeness (QED) is 0.706. The predicted octanol–water partition coefficient (Wildman–Crippen LogP) is 1.07. The molecular weight excluding hydrogens is 276 g/mol. The van der Waals surface area contributed by atoms with Gasteiger partial charge in [0.1, 0.15) is 5.25 Å². The highest BCUT2D eigenvalue weighted by molar-refractivity contribution is 7.92. The zero-order chi connectivity index (χ0) is 15.2. The maximum absolute atomic E-state index is 12.1. The molecule has 1 unspecified atom stereocenters. The summed E-state index contributed by atoms with van der Waals surface area (Å²) >= 11 is 0. The largest absolute Gasteiger partial charge is 0.344 e. The lowest BCUT2D eigenvalue weighted by Crippen LogP contribution is -2.40. The number of carbonyl (C=O) groups excluding carboxylic acids is 1. The second kappa shape index (κ2) is 7.19. The van der Waals surface area contributed by atoms with Crippen LogP contribution in [-0.2, 0) is 21.1 Å². The van der Waals surface area contributed by atoms with Gasteiger partial charge < -0.3 is 4.90 Å². The second-order valence-electron chi connectivity index (χ2n) is 4.63. The van der Waals surface area contributed by atoms with Crippen molar-refractivity contribution in [1.82, 2.24) is 9.88 Å². The molecule has 1 rings (SSSR count). The molecule has 0 fully saturated rings. The summed E-state index contributed by atoms with van der Waals surface area (Å²) in [5, 5.41) is -1.04. The Morgan fingerprint density at radius 3 is 2.60 bits per heavy atom. The first-order valence-corrected chi connectivity index (χ1v) is 8.06. The smallest absolute Gasteiger partial charge is 0.240 e. The third-order valence-corrected chi connectivity index (χ3v) is 5.08. The van der Waals surface area contributed by atoms with Crippen molar-refractivity contribution in [1.29, 1.82) is 0 Å². The molecule has 0 spiro atoms. The summed E-state index contributed by atoms with van der Waals surface area (Å²) in [4.78, 5) is 17.5. The van der Waals surface area contributed by atoms with Gasteiger partial charge in [0.15, 0.2) is 9.84 Å². The highest BCUT2D eigenvalue weighted by Crippen LogP contribution is 2.07. The van der Waals surface area contributed by atoms with Gasteiger partial charge in [0.05, 0.1) is 5.75 Å². The van der Waals surface area contributed by atoms with Gasteiger partial charge in [0.2, 0.25) is 5.91 Å². The van der Waals surface area contributed by atoms with E-state index < -0.39 is 15.1 Å². The Hall–Kier alpha value is -1.69. The molecule has 0 aliphatic heterocycles. The fourth-order valence-corrected chi connectivity index (χ4v) is 2.83. The molecule has 0 radical (unpaired) electrons. The molecule has 0 aliphatic carbocycles. The average molecular weight is 296 g/mol. The number of hydrogen-bond donors (Lipinski definition) is 0. The van der Waals surface area contributed by atoms with Crippen LogP contribution in [0.2, 0.25) is 0 Å². The Morgan fingerprint density at radius 2 is 2.05 bits per heavy atom. The second-order valence-corrected chi connectivity index (χ2v) is 6.99. The van der Waals surface area contributed by atoms with Crippen LogP contribution >= 0.6 is 0 Å². The van der Waals surface area contributed by atoms with Crippen molar-refractivity contribution in [2.24, 2.45) is 0 Å². The maximum atomic E-state index is 12.1. The molecule has 1 aromatic rings. The van der Waals surface area contributed by atoms with Crippen molar-refractivity contribution in [3.8, 4) is 0 Å². The molecule has 5 nitrogen and oxygen atoms in total. The normalized spacial score (nSPS) is 12.7. The maximum Gasteiger partial charge on any atom is 0.240 e. The first-order chi connectivity index (χ1) is 9.38. The Morgan fingerprint density at radius 1 is 1.45 bits per heavy atom. The van der Waals surface area contributed by atoms with Gasteiger partial charge in [0.25, 0.3) is 0 Å². The molecule has 6 heteroatoms. The van der Waals surface area contributed by atoms with E-state index in [0.29, 0.717) is 13.0 Å². The molecule has 0 aliphatic rings. The topological polar surface area (TPSA) is 67.3 Å². The average Bonchev–Trinajstić information content (AvgIpc) is 2.44. The lowest BCUT2D eigenvalue weighted by molar-refractivity contribution is -0.129. The van der Waals surface area contributed by atoms with Gasteiger partial charge in [-0.2, -0.15) is 0 Å². The Kier molecular flexibility index (Phi) is 5.88. The summed E-state index contributed by atoms with van der Waals surface area (Å²) in [6.07, 6.45) is 5.34. The highest BCUT2D eigenvalue weighted by Gasteiger charge is 2.28. The number of hydrogen-bond acceptors (Lipinski definition) is 4. The minimum atomic E-state index is -3.46. The predicted molar refractivity (Wildman–Crippen MR) is 79.0 cm³/mol. The Bertz CT molecular complexity index is 555. The van der Waals surface area contributed by atoms with Crippen LogP contribution in [0.5, 0.6) is 0 Å². The molecule has 0 N–H and O–H groups in total.